The van der Waals surface area contributed by atoms with Crippen molar-refractivity contribution in [2.24, 2.45) is 0 Å². The number of ether oxygens (including phenoxy) is 1. The summed E-state index contributed by atoms with van der Waals surface area (Å²) in [4.78, 5) is 24.4. The molecule has 0 radical (unpaired) electrons. The Kier molecular flexibility index (Phi) is 4.04. The van der Waals surface area contributed by atoms with Crippen molar-refractivity contribution in [1.82, 2.24) is 4.90 Å². The van der Waals surface area contributed by atoms with E-state index in [2.05, 4.69) is 0 Å². The monoisotopic (exact) mass is 267 g/mol. The standard InChI is InChI=1S/C13H17NO5/c1-13(2,12(17)18)14(3)11(16)9-6-5-8(19-4)7-10(9)15/h5-7,15H,1-4H3,(H,17,18). The van der Waals surface area contributed by atoms with E-state index >= 15 is 0 Å². The first kappa shape index (κ1) is 14.8. The summed E-state index contributed by atoms with van der Waals surface area (Å²) in [5, 5.41) is 18.9. The van der Waals surface area contributed by atoms with Gasteiger partial charge in [-0.2, -0.15) is 0 Å². The molecule has 1 rings (SSSR count). The SMILES string of the molecule is COc1ccc(C(=O)N(C)C(C)(C)C(=O)O)c(O)c1. The van der Waals surface area contributed by atoms with E-state index in [1.807, 2.05) is 0 Å². The molecule has 2 N–H and O–H groups in total. The van der Waals surface area contributed by atoms with Gasteiger partial charge < -0.3 is 19.8 Å². The van der Waals surface area contributed by atoms with Crippen LogP contribution in [0.3, 0.4) is 0 Å². The van der Waals surface area contributed by atoms with Crippen molar-refractivity contribution in [2.75, 3.05) is 14.2 Å². The van der Waals surface area contributed by atoms with Crippen LogP contribution in [0, 0.1) is 0 Å². The maximum atomic E-state index is 12.2. The molecule has 0 fully saturated rings. The number of carbonyl (C=O) groups excluding carboxylic acids is 1. The molecule has 19 heavy (non-hydrogen) atoms. The molecule has 0 heterocycles. The third kappa shape index (κ3) is 2.78. The number of carboxylic acids is 1. The highest BCUT2D eigenvalue weighted by atomic mass is 16.5. The maximum Gasteiger partial charge on any atom is 0.329 e. The van der Waals surface area contributed by atoms with E-state index in [0.717, 1.165) is 4.90 Å². The van der Waals surface area contributed by atoms with Gasteiger partial charge in [0.25, 0.3) is 5.91 Å². The van der Waals surface area contributed by atoms with Gasteiger partial charge in [0.15, 0.2) is 0 Å². The fourth-order valence-electron chi connectivity index (χ4n) is 1.40. The van der Waals surface area contributed by atoms with Crippen LogP contribution in [-0.2, 0) is 4.79 Å². The molecule has 0 saturated carbocycles. The minimum absolute atomic E-state index is 0.0256. The molecule has 0 atom stereocenters. The van der Waals surface area contributed by atoms with E-state index in [1.54, 1.807) is 0 Å². The van der Waals surface area contributed by atoms with Gasteiger partial charge in [-0.3, -0.25) is 4.79 Å². The molecule has 1 amide bonds. The van der Waals surface area contributed by atoms with E-state index in [1.165, 1.54) is 46.2 Å². The van der Waals surface area contributed by atoms with Gasteiger partial charge in [0.05, 0.1) is 12.7 Å². The average Bonchev–Trinajstić information content (AvgIpc) is 2.36. The molecule has 1 aromatic rings. The first-order valence-corrected chi connectivity index (χ1v) is 5.60. The molecule has 0 bridgehead atoms. The lowest BCUT2D eigenvalue weighted by molar-refractivity contribution is -0.147. The summed E-state index contributed by atoms with van der Waals surface area (Å²) in [6.07, 6.45) is 0. The van der Waals surface area contributed by atoms with Crippen molar-refractivity contribution in [1.29, 1.82) is 0 Å². The number of carbonyl (C=O) groups is 2. The van der Waals surface area contributed by atoms with Crippen molar-refractivity contribution < 1.29 is 24.5 Å². The molecule has 0 aliphatic carbocycles. The Hall–Kier alpha value is -2.24. The number of aromatic hydroxyl groups is 1. The Morgan fingerprint density at radius 3 is 2.32 bits per heavy atom. The normalized spacial score (nSPS) is 10.9. The number of amides is 1. The zero-order valence-corrected chi connectivity index (χ0v) is 11.3. The number of likely N-dealkylation sites (N-methyl/N-ethyl adjacent to an activating group) is 1. The first-order chi connectivity index (χ1) is 8.71. The van der Waals surface area contributed by atoms with Crippen molar-refractivity contribution in [3.05, 3.63) is 23.8 Å². The highest BCUT2D eigenvalue weighted by molar-refractivity contribution is 5.99. The predicted molar refractivity (Wildman–Crippen MR) is 68.5 cm³/mol. The van der Waals surface area contributed by atoms with Crippen LogP contribution in [-0.4, -0.2) is 46.7 Å². The Balaban J connectivity index is 3.11. The summed E-state index contributed by atoms with van der Waals surface area (Å²) in [6.45, 7) is 2.82. The second kappa shape index (κ2) is 5.17. The van der Waals surface area contributed by atoms with Crippen LogP contribution in [0.1, 0.15) is 24.2 Å². The first-order valence-electron chi connectivity index (χ1n) is 5.60. The lowest BCUT2D eigenvalue weighted by Gasteiger charge is -2.31. The highest BCUT2D eigenvalue weighted by Gasteiger charge is 2.36. The molecule has 0 unspecified atom stereocenters. The molecule has 0 saturated heterocycles. The summed E-state index contributed by atoms with van der Waals surface area (Å²) in [7, 11) is 2.82. The summed E-state index contributed by atoms with van der Waals surface area (Å²) >= 11 is 0. The number of hydrogen-bond donors (Lipinski definition) is 2. The second-order valence-electron chi connectivity index (χ2n) is 4.61. The smallest absolute Gasteiger partial charge is 0.329 e. The predicted octanol–water partition coefficient (Wildman–Crippen LogP) is 1.34. The number of benzene rings is 1. The number of rotatable bonds is 4. The molecule has 6 heteroatoms. The van der Waals surface area contributed by atoms with Gasteiger partial charge in [-0.15, -0.1) is 0 Å². The molecule has 0 spiro atoms. The van der Waals surface area contributed by atoms with Gasteiger partial charge >= 0.3 is 5.97 Å². The number of phenols is 1. The Morgan fingerprint density at radius 1 is 1.32 bits per heavy atom. The van der Waals surface area contributed by atoms with E-state index in [4.69, 9.17) is 9.84 Å². The summed E-state index contributed by atoms with van der Waals surface area (Å²) in [5.41, 5.74) is -1.35. The number of hydrogen-bond acceptors (Lipinski definition) is 4. The summed E-state index contributed by atoms with van der Waals surface area (Å²) in [6, 6.07) is 4.22. The molecule has 6 nitrogen and oxygen atoms in total. The lowest BCUT2D eigenvalue weighted by atomic mass is 10.0. The summed E-state index contributed by atoms with van der Waals surface area (Å²) in [5.74, 6) is -1.55. The summed E-state index contributed by atoms with van der Waals surface area (Å²) < 4.78 is 4.92. The van der Waals surface area contributed by atoms with Crippen molar-refractivity contribution in [3.8, 4) is 11.5 Å². The zero-order chi connectivity index (χ0) is 14.8. The Morgan fingerprint density at radius 2 is 1.89 bits per heavy atom. The molecule has 0 aliphatic heterocycles. The second-order valence-corrected chi connectivity index (χ2v) is 4.61. The zero-order valence-electron chi connectivity index (χ0n) is 11.3. The van der Waals surface area contributed by atoms with E-state index in [9.17, 15) is 14.7 Å². The van der Waals surface area contributed by atoms with Crippen LogP contribution in [0.15, 0.2) is 18.2 Å². The third-order valence-electron chi connectivity index (χ3n) is 3.10. The topological polar surface area (TPSA) is 87.1 Å². The average molecular weight is 267 g/mol. The molecule has 1 aromatic carbocycles. The minimum atomic E-state index is -1.37. The van der Waals surface area contributed by atoms with Gasteiger partial charge in [0.2, 0.25) is 0 Å². The van der Waals surface area contributed by atoms with Crippen LogP contribution in [0.4, 0.5) is 0 Å². The van der Waals surface area contributed by atoms with Crippen molar-refractivity contribution in [2.45, 2.75) is 19.4 Å². The lowest BCUT2D eigenvalue weighted by Crippen LogP contribution is -2.50. The highest BCUT2D eigenvalue weighted by Crippen LogP contribution is 2.26. The van der Waals surface area contributed by atoms with Crippen LogP contribution in [0.25, 0.3) is 0 Å². The molecular weight excluding hydrogens is 250 g/mol. The van der Waals surface area contributed by atoms with Crippen LogP contribution in [0.5, 0.6) is 11.5 Å². The number of phenolic OH excluding ortho intramolecular Hbond substituents is 1. The van der Waals surface area contributed by atoms with Crippen molar-refractivity contribution >= 4 is 11.9 Å². The van der Waals surface area contributed by atoms with Gasteiger partial charge in [0.1, 0.15) is 17.0 Å². The molecule has 0 aliphatic rings. The number of methoxy groups -OCH3 is 1. The van der Waals surface area contributed by atoms with Gasteiger partial charge in [-0.25, -0.2) is 4.79 Å². The van der Waals surface area contributed by atoms with Gasteiger partial charge in [-0.05, 0) is 26.0 Å². The minimum Gasteiger partial charge on any atom is -0.507 e. The van der Waals surface area contributed by atoms with Gasteiger partial charge in [0, 0.05) is 13.1 Å². The number of aliphatic carboxylic acids is 1. The Labute approximate surface area is 111 Å². The number of carboxylic acid groups (broad SMARTS) is 1. The Bertz CT molecular complexity index is 510. The van der Waals surface area contributed by atoms with E-state index < -0.39 is 17.4 Å². The van der Waals surface area contributed by atoms with Gasteiger partial charge in [-0.1, -0.05) is 0 Å². The third-order valence-corrected chi connectivity index (χ3v) is 3.10. The van der Waals surface area contributed by atoms with Crippen molar-refractivity contribution in [3.63, 3.8) is 0 Å². The molecular formula is C13H17NO5. The fraction of sp³-hybridized carbons (Fsp3) is 0.385. The maximum absolute atomic E-state index is 12.2. The van der Waals surface area contributed by atoms with E-state index in [-0.39, 0.29) is 11.3 Å². The van der Waals surface area contributed by atoms with Crippen LogP contribution >= 0.6 is 0 Å². The number of nitrogens with zero attached hydrogens (tertiary/aromatic N) is 1. The van der Waals surface area contributed by atoms with E-state index in [0.29, 0.717) is 5.75 Å². The van der Waals surface area contributed by atoms with Crippen LogP contribution in [0.2, 0.25) is 0 Å². The fourth-order valence-corrected chi connectivity index (χ4v) is 1.40. The largest absolute Gasteiger partial charge is 0.507 e. The molecule has 104 valence electrons. The van der Waals surface area contributed by atoms with Crippen LogP contribution < -0.4 is 4.74 Å². The molecule has 0 aromatic heterocycles. The quantitative estimate of drug-likeness (QED) is 0.859.